The van der Waals surface area contributed by atoms with E-state index in [1.165, 1.54) is 26.4 Å². The van der Waals surface area contributed by atoms with Crippen LogP contribution in [0.1, 0.15) is 13.3 Å². The molecule has 0 aliphatic carbocycles. The van der Waals surface area contributed by atoms with Crippen molar-refractivity contribution in [3.63, 3.8) is 0 Å². The van der Waals surface area contributed by atoms with Crippen LogP contribution in [0.2, 0.25) is 0 Å². The smallest absolute Gasteiger partial charge is 0.244 e. The van der Waals surface area contributed by atoms with Crippen molar-refractivity contribution < 1.29 is 27.4 Å². The molecule has 0 aromatic heterocycles. The molecule has 0 bridgehead atoms. The summed E-state index contributed by atoms with van der Waals surface area (Å²) in [7, 11) is -0.773. The summed E-state index contributed by atoms with van der Waals surface area (Å²) in [6.07, 6.45) is 0.421. The minimum Gasteiger partial charge on any atom is -0.497 e. The third-order valence-electron chi connectivity index (χ3n) is 3.43. The summed E-state index contributed by atoms with van der Waals surface area (Å²) in [4.78, 5) is 0.0641. The SMILES string of the molecule is COc1ccc(S(=O)(=O)NCCC2(C)OCCO2)c(OC)c1. The van der Waals surface area contributed by atoms with Gasteiger partial charge in [0.2, 0.25) is 10.0 Å². The Morgan fingerprint density at radius 2 is 1.91 bits per heavy atom. The van der Waals surface area contributed by atoms with Gasteiger partial charge in [-0.3, -0.25) is 0 Å². The Hall–Kier alpha value is -1.35. The van der Waals surface area contributed by atoms with Gasteiger partial charge < -0.3 is 18.9 Å². The van der Waals surface area contributed by atoms with Gasteiger partial charge in [0.05, 0.1) is 27.4 Å². The lowest BCUT2D eigenvalue weighted by Crippen LogP contribution is -2.33. The predicted molar refractivity (Wildman–Crippen MR) is 79.7 cm³/mol. The van der Waals surface area contributed by atoms with E-state index in [0.29, 0.717) is 25.4 Å². The molecule has 0 unspecified atom stereocenters. The lowest BCUT2D eigenvalue weighted by Gasteiger charge is -2.22. The van der Waals surface area contributed by atoms with Crippen molar-refractivity contribution in [3.8, 4) is 11.5 Å². The van der Waals surface area contributed by atoms with Gasteiger partial charge in [0, 0.05) is 19.0 Å². The first-order valence-electron chi connectivity index (χ1n) is 6.90. The number of rotatable bonds is 7. The maximum absolute atomic E-state index is 12.4. The fourth-order valence-corrected chi connectivity index (χ4v) is 3.37. The summed E-state index contributed by atoms with van der Waals surface area (Å²) < 4.78 is 48.3. The first-order valence-corrected chi connectivity index (χ1v) is 8.38. The summed E-state index contributed by atoms with van der Waals surface area (Å²) >= 11 is 0. The van der Waals surface area contributed by atoms with Crippen molar-refractivity contribution in [2.75, 3.05) is 34.0 Å². The molecule has 1 heterocycles. The number of ether oxygens (including phenoxy) is 4. The standard InChI is InChI=1S/C14H21NO6S/c1-14(20-8-9-21-14)6-7-15-22(16,17)13-5-4-11(18-2)10-12(13)19-3/h4-5,10,15H,6-9H2,1-3H3. The van der Waals surface area contributed by atoms with E-state index in [1.54, 1.807) is 13.0 Å². The molecule has 0 radical (unpaired) electrons. The second-order valence-electron chi connectivity index (χ2n) is 5.00. The van der Waals surface area contributed by atoms with Crippen molar-refractivity contribution in [2.45, 2.75) is 24.0 Å². The Bertz CT molecular complexity index is 610. The molecule has 124 valence electrons. The topological polar surface area (TPSA) is 83.1 Å². The normalized spacial score (nSPS) is 17.4. The average molecular weight is 331 g/mol. The lowest BCUT2D eigenvalue weighted by molar-refractivity contribution is -0.145. The second-order valence-corrected chi connectivity index (χ2v) is 6.73. The molecule has 1 aromatic rings. The van der Waals surface area contributed by atoms with Gasteiger partial charge in [-0.05, 0) is 19.1 Å². The van der Waals surface area contributed by atoms with Crippen LogP contribution in [0.4, 0.5) is 0 Å². The van der Waals surface area contributed by atoms with Crippen LogP contribution in [0.3, 0.4) is 0 Å². The van der Waals surface area contributed by atoms with Crippen LogP contribution in [-0.4, -0.2) is 48.2 Å². The fraction of sp³-hybridized carbons (Fsp3) is 0.571. The van der Waals surface area contributed by atoms with E-state index < -0.39 is 15.8 Å². The highest BCUT2D eigenvalue weighted by Gasteiger charge is 2.31. The van der Waals surface area contributed by atoms with Crippen molar-refractivity contribution >= 4 is 10.0 Å². The number of sulfonamides is 1. The molecular formula is C14H21NO6S. The summed E-state index contributed by atoms with van der Waals surface area (Å²) in [6.45, 7) is 3.04. The van der Waals surface area contributed by atoms with E-state index in [-0.39, 0.29) is 17.2 Å². The highest BCUT2D eigenvalue weighted by Crippen LogP contribution is 2.28. The molecule has 7 nitrogen and oxygen atoms in total. The third-order valence-corrected chi connectivity index (χ3v) is 4.93. The highest BCUT2D eigenvalue weighted by atomic mass is 32.2. The van der Waals surface area contributed by atoms with Crippen molar-refractivity contribution in [1.82, 2.24) is 4.72 Å². The molecule has 0 spiro atoms. The molecule has 1 aliphatic rings. The van der Waals surface area contributed by atoms with Crippen LogP contribution < -0.4 is 14.2 Å². The maximum Gasteiger partial charge on any atom is 0.244 e. The van der Waals surface area contributed by atoms with Crippen LogP contribution in [-0.2, 0) is 19.5 Å². The van der Waals surface area contributed by atoms with Crippen molar-refractivity contribution in [3.05, 3.63) is 18.2 Å². The molecule has 2 rings (SSSR count). The number of nitrogens with one attached hydrogen (secondary N) is 1. The van der Waals surface area contributed by atoms with E-state index in [2.05, 4.69) is 4.72 Å². The van der Waals surface area contributed by atoms with Crippen molar-refractivity contribution in [2.24, 2.45) is 0 Å². The van der Waals surface area contributed by atoms with Gasteiger partial charge in [-0.2, -0.15) is 0 Å². The molecule has 1 fully saturated rings. The Balaban J connectivity index is 2.06. The van der Waals surface area contributed by atoms with Gasteiger partial charge in [-0.15, -0.1) is 0 Å². The van der Waals surface area contributed by atoms with E-state index >= 15 is 0 Å². The first-order chi connectivity index (χ1) is 10.4. The Morgan fingerprint density at radius 1 is 1.23 bits per heavy atom. The van der Waals surface area contributed by atoms with Crippen LogP contribution in [0.5, 0.6) is 11.5 Å². The zero-order chi connectivity index (χ0) is 16.2. The van der Waals surface area contributed by atoms with E-state index in [0.717, 1.165) is 0 Å². The van der Waals surface area contributed by atoms with Crippen molar-refractivity contribution in [1.29, 1.82) is 0 Å². The van der Waals surface area contributed by atoms with Gasteiger partial charge in [-0.25, -0.2) is 13.1 Å². The molecule has 8 heteroatoms. The van der Waals surface area contributed by atoms with Gasteiger partial charge in [0.15, 0.2) is 5.79 Å². The Labute approximate surface area is 130 Å². The third kappa shape index (κ3) is 3.89. The zero-order valence-corrected chi connectivity index (χ0v) is 13.7. The monoisotopic (exact) mass is 331 g/mol. The minimum atomic E-state index is -3.69. The fourth-order valence-electron chi connectivity index (χ4n) is 2.19. The molecule has 0 amide bonds. The van der Waals surface area contributed by atoms with Crippen LogP contribution in [0.15, 0.2) is 23.1 Å². The van der Waals surface area contributed by atoms with E-state index in [4.69, 9.17) is 18.9 Å². The molecule has 0 atom stereocenters. The predicted octanol–water partition coefficient (Wildman–Crippen LogP) is 1.14. The Morgan fingerprint density at radius 3 is 2.50 bits per heavy atom. The minimum absolute atomic E-state index is 0.0641. The highest BCUT2D eigenvalue weighted by molar-refractivity contribution is 7.89. The maximum atomic E-state index is 12.4. The quantitative estimate of drug-likeness (QED) is 0.806. The largest absolute Gasteiger partial charge is 0.497 e. The summed E-state index contributed by atoms with van der Waals surface area (Å²) in [5, 5.41) is 0. The van der Waals surface area contributed by atoms with E-state index in [9.17, 15) is 8.42 Å². The molecule has 0 saturated carbocycles. The molecule has 1 N–H and O–H groups in total. The van der Waals surface area contributed by atoms with Crippen LogP contribution in [0, 0.1) is 0 Å². The number of benzene rings is 1. The summed E-state index contributed by atoms with van der Waals surface area (Å²) in [5.74, 6) is 0.0227. The van der Waals surface area contributed by atoms with Gasteiger partial charge in [0.25, 0.3) is 0 Å². The Kier molecular flexibility index (Phi) is 5.28. The molecule has 1 aliphatic heterocycles. The molecule has 22 heavy (non-hydrogen) atoms. The number of hydrogen-bond donors (Lipinski definition) is 1. The van der Waals surface area contributed by atoms with Crippen LogP contribution >= 0.6 is 0 Å². The number of methoxy groups -OCH3 is 2. The first kappa shape index (κ1) is 17.0. The second kappa shape index (κ2) is 6.82. The molecule has 1 saturated heterocycles. The van der Waals surface area contributed by atoms with Gasteiger partial charge >= 0.3 is 0 Å². The molecular weight excluding hydrogens is 310 g/mol. The average Bonchev–Trinajstić information content (AvgIpc) is 2.93. The summed E-state index contributed by atoms with van der Waals surface area (Å²) in [6, 6.07) is 4.55. The lowest BCUT2D eigenvalue weighted by atomic mass is 10.2. The van der Waals surface area contributed by atoms with E-state index in [1.807, 2.05) is 0 Å². The zero-order valence-electron chi connectivity index (χ0n) is 12.9. The summed E-state index contributed by atoms with van der Waals surface area (Å²) in [5.41, 5.74) is 0. The number of hydrogen-bond acceptors (Lipinski definition) is 6. The van der Waals surface area contributed by atoms with Crippen LogP contribution in [0.25, 0.3) is 0 Å². The van der Waals surface area contributed by atoms with Gasteiger partial charge in [-0.1, -0.05) is 0 Å². The molecule has 1 aromatic carbocycles. The van der Waals surface area contributed by atoms with Gasteiger partial charge in [0.1, 0.15) is 16.4 Å².